The molecule has 1 aliphatic rings. The average molecular weight is 404 g/mol. The fourth-order valence-electron chi connectivity index (χ4n) is 3.32. The van der Waals surface area contributed by atoms with Crippen molar-refractivity contribution >= 4 is 11.9 Å². The minimum absolute atomic E-state index is 0.0880. The highest BCUT2D eigenvalue weighted by atomic mass is 19.1. The molecule has 0 bridgehead atoms. The van der Waals surface area contributed by atoms with Gasteiger partial charge in [0.05, 0.1) is 12.2 Å². The van der Waals surface area contributed by atoms with Crippen LogP contribution in [0.2, 0.25) is 0 Å². The van der Waals surface area contributed by atoms with E-state index in [1.165, 1.54) is 6.07 Å². The normalized spacial score (nSPS) is 13.8. The maximum Gasteiger partial charge on any atom is 0.231 e. The van der Waals surface area contributed by atoms with E-state index in [2.05, 4.69) is 0 Å². The highest BCUT2D eigenvalue weighted by Crippen LogP contribution is 2.40. The molecule has 0 amide bonds. The van der Waals surface area contributed by atoms with Crippen LogP contribution >= 0.6 is 0 Å². The second-order valence-corrected chi connectivity index (χ2v) is 6.86. The number of ether oxygens (including phenoxy) is 3. The van der Waals surface area contributed by atoms with Gasteiger partial charge in [0, 0.05) is 16.7 Å². The monoisotopic (exact) mass is 404 g/mol. The van der Waals surface area contributed by atoms with Crippen molar-refractivity contribution in [2.24, 2.45) is 0 Å². The van der Waals surface area contributed by atoms with Crippen LogP contribution in [0.1, 0.15) is 34.0 Å². The third-order valence-electron chi connectivity index (χ3n) is 4.88. The van der Waals surface area contributed by atoms with Crippen molar-refractivity contribution in [3.8, 4) is 17.2 Å². The highest BCUT2D eigenvalue weighted by Gasteiger charge is 2.30. The molecule has 3 aromatic carbocycles. The van der Waals surface area contributed by atoms with Gasteiger partial charge in [-0.1, -0.05) is 36.4 Å². The topological polar surface area (TPSA) is 44.8 Å². The molecule has 0 unspecified atom stereocenters. The molecule has 1 aliphatic heterocycles. The summed E-state index contributed by atoms with van der Waals surface area (Å²) >= 11 is 0. The molecular formula is C25H21FO4. The third-order valence-corrected chi connectivity index (χ3v) is 4.88. The Morgan fingerprint density at radius 3 is 2.53 bits per heavy atom. The molecule has 1 heterocycles. The minimum atomic E-state index is -0.319. The number of para-hydroxylation sites is 1. The van der Waals surface area contributed by atoms with Gasteiger partial charge in [-0.2, -0.15) is 0 Å². The van der Waals surface area contributed by atoms with Crippen molar-refractivity contribution in [3.63, 3.8) is 0 Å². The van der Waals surface area contributed by atoms with Crippen molar-refractivity contribution < 1.29 is 23.4 Å². The van der Waals surface area contributed by atoms with E-state index >= 15 is 0 Å². The van der Waals surface area contributed by atoms with E-state index in [0.717, 1.165) is 5.56 Å². The van der Waals surface area contributed by atoms with E-state index in [4.69, 9.17) is 14.2 Å². The SMILES string of the molecule is CCOc1ccccc1/C=C1\Oc2c(ccc(OCc3ccccc3F)c2C)C1=O. The Balaban J connectivity index is 1.59. The number of hydrogen-bond acceptors (Lipinski definition) is 4. The molecule has 0 fully saturated rings. The quantitative estimate of drug-likeness (QED) is 0.492. The lowest BCUT2D eigenvalue weighted by molar-refractivity contribution is 0.101. The van der Waals surface area contributed by atoms with Gasteiger partial charge in [-0.25, -0.2) is 4.39 Å². The molecule has 5 heteroatoms. The van der Waals surface area contributed by atoms with E-state index in [9.17, 15) is 9.18 Å². The first kappa shape index (κ1) is 19.7. The Morgan fingerprint density at radius 2 is 1.73 bits per heavy atom. The summed E-state index contributed by atoms with van der Waals surface area (Å²) < 4.78 is 31.2. The molecular weight excluding hydrogens is 383 g/mol. The smallest absolute Gasteiger partial charge is 0.231 e. The maximum atomic E-state index is 13.8. The van der Waals surface area contributed by atoms with Crippen LogP contribution in [0.25, 0.3) is 6.08 Å². The predicted octanol–water partition coefficient (Wildman–Crippen LogP) is 5.73. The number of ketones is 1. The standard InChI is InChI=1S/C25H21FO4/c1-3-28-22-11-7-5-8-17(22)14-23-24(27)19-12-13-21(16(2)25(19)30-23)29-15-18-9-4-6-10-20(18)26/h4-14H,3,15H2,1-2H3/b23-14-. The number of rotatable bonds is 6. The summed E-state index contributed by atoms with van der Waals surface area (Å²) in [5.74, 6) is 1.41. The van der Waals surface area contributed by atoms with Crippen LogP contribution in [0.4, 0.5) is 4.39 Å². The molecule has 30 heavy (non-hydrogen) atoms. The van der Waals surface area contributed by atoms with Crippen molar-refractivity contribution in [2.75, 3.05) is 6.61 Å². The second kappa shape index (κ2) is 8.41. The molecule has 152 valence electrons. The first-order valence-corrected chi connectivity index (χ1v) is 9.74. The number of Topliss-reactive ketones (excluding diaryl/α,β-unsaturated/α-hetero) is 1. The van der Waals surface area contributed by atoms with Crippen LogP contribution < -0.4 is 14.2 Å². The summed E-state index contributed by atoms with van der Waals surface area (Å²) in [5.41, 5.74) is 2.40. The van der Waals surface area contributed by atoms with Crippen LogP contribution in [-0.4, -0.2) is 12.4 Å². The van der Waals surface area contributed by atoms with E-state index < -0.39 is 0 Å². The summed E-state index contributed by atoms with van der Waals surface area (Å²) in [4.78, 5) is 12.8. The van der Waals surface area contributed by atoms with Crippen LogP contribution in [0, 0.1) is 12.7 Å². The molecule has 3 aromatic rings. The fourth-order valence-corrected chi connectivity index (χ4v) is 3.32. The number of fused-ring (bicyclic) bond motifs is 1. The number of carbonyl (C=O) groups is 1. The molecule has 0 aliphatic carbocycles. The lowest BCUT2D eigenvalue weighted by Gasteiger charge is -2.12. The van der Waals surface area contributed by atoms with Gasteiger partial charge in [0.2, 0.25) is 5.78 Å². The Labute approximate surface area is 174 Å². The molecule has 0 atom stereocenters. The Morgan fingerprint density at radius 1 is 0.967 bits per heavy atom. The first-order chi connectivity index (χ1) is 14.6. The molecule has 0 radical (unpaired) electrons. The van der Waals surface area contributed by atoms with Crippen molar-refractivity contribution in [3.05, 3.63) is 94.5 Å². The number of hydrogen-bond donors (Lipinski definition) is 0. The third kappa shape index (κ3) is 3.79. The Hall–Kier alpha value is -3.60. The highest BCUT2D eigenvalue weighted by molar-refractivity contribution is 6.15. The largest absolute Gasteiger partial charge is 0.493 e. The van der Waals surface area contributed by atoms with Gasteiger partial charge < -0.3 is 14.2 Å². The molecule has 0 saturated heterocycles. The summed E-state index contributed by atoms with van der Waals surface area (Å²) in [7, 11) is 0. The number of allylic oxidation sites excluding steroid dienone is 1. The number of benzene rings is 3. The molecule has 4 nitrogen and oxygen atoms in total. The summed E-state index contributed by atoms with van der Waals surface area (Å²) in [6, 6.07) is 17.3. The van der Waals surface area contributed by atoms with Gasteiger partial charge in [0.1, 0.15) is 29.7 Å². The second-order valence-electron chi connectivity index (χ2n) is 6.86. The minimum Gasteiger partial charge on any atom is -0.493 e. The molecule has 0 spiro atoms. The maximum absolute atomic E-state index is 13.8. The van der Waals surface area contributed by atoms with E-state index in [1.807, 2.05) is 38.1 Å². The van der Waals surface area contributed by atoms with Crippen LogP contribution in [-0.2, 0) is 6.61 Å². The average Bonchev–Trinajstić information content (AvgIpc) is 3.07. The zero-order valence-electron chi connectivity index (χ0n) is 16.8. The first-order valence-electron chi connectivity index (χ1n) is 9.74. The van der Waals surface area contributed by atoms with E-state index in [1.54, 1.807) is 36.4 Å². The summed E-state index contributed by atoms with van der Waals surface area (Å²) in [5, 5.41) is 0. The van der Waals surface area contributed by atoms with Crippen LogP contribution in [0.3, 0.4) is 0 Å². The van der Waals surface area contributed by atoms with Crippen LogP contribution in [0.15, 0.2) is 66.4 Å². The van der Waals surface area contributed by atoms with E-state index in [-0.39, 0.29) is 24.0 Å². The van der Waals surface area contributed by atoms with Gasteiger partial charge in [0.15, 0.2) is 5.76 Å². The zero-order valence-corrected chi connectivity index (χ0v) is 16.8. The van der Waals surface area contributed by atoms with Gasteiger partial charge >= 0.3 is 0 Å². The summed E-state index contributed by atoms with van der Waals surface area (Å²) in [6.07, 6.45) is 1.69. The van der Waals surface area contributed by atoms with Gasteiger partial charge in [-0.15, -0.1) is 0 Å². The fraction of sp³-hybridized carbons (Fsp3) is 0.160. The molecule has 0 N–H and O–H groups in total. The Bertz CT molecular complexity index is 1130. The van der Waals surface area contributed by atoms with Gasteiger partial charge in [-0.05, 0) is 44.2 Å². The molecule has 0 saturated carbocycles. The number of carbonyl (C=O) groups excluding carboxylic acids is 1. The Kier molecular flexibility index (Phi) is 5.53. The zero-order chi connectivity index (χ0) is 21.1. The van der Waals surface area contributed by atoms with Gasteiger partial charge in [0.25, 0.3) is 0 Å². The van der Waals surface area contributed by atoms with Crippen molar-refractivity contribution in [1.29, 1.82) is 0 Å². The van der Waals surface area contributed by atoms with Crippen molar-refractivity contribution in [2.45, 2.75) is 20.5 Å². The van der Waals surface area contributed by atoms with Crippen LogP contribution in [0.5, 0.6) is 17.2 Å². The van der Waals surface area contributed by atoms with Crippen molar-refractivity contribution in [1.82, 2.24) is 0 Å². The lowest BCUT2D eigenvalue weighted by Crippen LogP contribution is -2.00. The predicted molar refractivity (Wildman–Crippen MR) is 112 cm³/mol. The summed E-state index contributed by atoms with van der Waals surface area (Å²) in [6.45, 7) is 4.34. The molecule has 0 aromatic heterocycles. The lowest BCUT2D eigenvalue weighted by atomic mass is 10.1. The van der Waals surface area contributed by atoms with Gasteiger partial charge in [-0.3, -0.25) is 4.79 Å². The van der Waals surface area contributed by atoms with E-state index in [0.29, 0.717) is 40.5 Å². The molecule has 4 rings (SSSR count). The number of halogens is 1.